The molecule has 25 heavy (non-hydrogen) atoms. The highest BCUT2D eigenvalue weighted by Crippen LogP contribution is 2.34. The molecule has 0 saturated carbocycles. The zero-order valence-electron chi connectivity index (χ0n) is 13.2. The van der Waals surface area contributed by atoms with E-state index in [1.807, 2.05) is 18.2 Å². The van der Waals surface area contributed by atoms with Crippen molar-refractivity contribution in [2.75, 3.05) is 7.05 Å². The summed E-state index contributed by atoms with van der Waals surface area (Å²) < 4.78 is 5.85. The summed E-state index contributed by atoms with van der Waals surface area (Å²) in [6.07, 6.45) is 1.62. The van der Waals surface area contributed by atoms with E-state index in [1.165, 1.54) is 7.05 Å². The molecule has 0 bridgehead atoms. The van der Waals surface area contributed by atoms with Crippen molar-refractivity contribution in [1.29, 1.82) is 0 Å². The predicted molar refractivity (Wildman–Crippen MR) is 101 cm³/mol. The van der Waals surface area contributed by atoms with Gasteiger partial charge in [0.15, 0.2) is 0 Å². The number of thioether (sulfide) groups is 1. The van der Waals surface area contributed by atoms with Crippen LogP contribution in [0.2, 0.25) is 10.0 Å². The average Bonchev–Trinajstić information content (AvgIpc) is 2.81. The molecule has 0 unspecified atom stereocenters. The first-order valence-electron chi connectivity index (χ1n) is 7.32. The Hall–Kier alpha value is -1.95. The van der Waals surface area contributed by atoms with Gasteiger partial charge in [0.05, 0.1) is 4.91 Å². The highest BCUT2D eigenvalue weighted by Gasteiger charge is 2.32. The third-order valence-electron chi connectivity index (χ3n) is 3.53. The molecular formula is C18H13Cl2NO3S. The molecular weight excluding hydrogens is 381 g/mol. The highest BCUT2D eigenvalue weighted by atomic mass is 35.5. The van der Waals surface area contributed by atoms with E-state index in [2.05, 4.69) is 0 Å². The van der Waals surface area contributed by atoms with E-state index in [9.17, 15) is 9.59 Å². The van der Waals surface area contributed by atoms with E-state index < -0.39 is 0 Å². The van der Waals surface area contributed by atoms with Crippen molar-refractivity contribution in [2.24, 2.45) is 0 Å². The normalized spacial score (nSPS) is 16.0. The van der Waals surface area contributed by atoms with Crippen LogP contribution in [0.5, 0.6) is 5.75 Å². The number of ether oxygens (including phenoxy) is 1. The molecule has 1 aliphatic rings. The summed E-state index contributed by atoms with van der Waals surface area (Å²) in [5, 5.41) is 0.839. The Kier molecular flexibility index (Phi) is 5.37. The third-order valence-corrected chi connectivity index (χ3v) is 4.96. The quantitative estimate of drug-likeness (QED) is 0.666. The fourth-order valence-electron chi connectivity index (χ4n) is 2.24. The van der Waals surface area contributed by atoms with Crippen molar-refractivity contribution in [1.82, 2.24) is 4.90 Å². The van der Waals surface area contributed by atoms with Gasteiger partial charge in [-0.05, 0) is 53.7 Å². The van der Waals surface area contributed by atoms with Crippen LogP contribution in [0.15, 0.2) is 47.4 Å². The van der Waals surface area contributed by atoms with E-state index in [4.69, 9.17) is 27.9 Å². The molecule has 1 aliphatic heterocycles. The van der Waals surface area contributed by atoms with Crippen LogP contribution in [0.4, 0.5) is 4.79 Å². The first-order chi connectivity index (χ1) is 11.9. The zero-order chi connectivity index (χ0) is 18.0. The van der Waals surface area contributed by atoms with Crippen LogP contribution in [-0.4, -0.2) is 23.1 Å². The average molecular weight is 394 g/mol. The Morgan fingerprint density at radius 2 is 1.88 bits per heavy atom. The molecule has 0 spiro atoms. The van der Waals surface area contributed by atoms with Gasteiger partial charge in [-0.2, -0.15) is 0 Å². The van der Waals surface area contributed by atoms with Gasteiger partial charge in [0, 0.05) is 22.7 Å². The smallest absolute Gasteiger partial charge is 0.293 e. The van der Waals surface area contributed by atoms with Gasteiger partial charge in [-0.25, -0.2) is 0 Å². The maximum absolute atomic E-state index is 12.1. The SMILES string of the molecule is CN1C(=O)S/C(=C/c2cc(Cl)ccc2OCc2cccc(Cl)c2)C1=O. The summed E-state index contributed by atoms with van der Waals surface area (Å²) in [5.41, 5.74) is 1.55. The lowest BCUT2D eigenvalue weighted by Crippen LogP contribution is -2.22. The Balaban J connectivity index is 1.86. The molecule has 2 aromatic rings. The summed E-state index contributed by atoms with van der Waals surface area (Å²) in [4.78, 5) is 25.1. The van der Waals surface area contributed by atoms with E-state index in [0.717, 1.165) is 22.2 Å². The van der Waals surface area contributed by atoms with E-state index in [-0.39, 0.29) is 11.1 Å². The predicted octanol–water partition coefficient (Wildman–Crippen LogP) is 5.24. The van der Waals surface area contributed by atoms with Gasteiger partial charge in [0.2, 0.25) is 0 Å². The first-order valence-corrected chi connectivity index (χ1v) is 8.89. The van der Waals surface area contributed by atoms with Crippen molar-refractivity contribution in [3.05, 3.63) is 68.5 Å². The maximum Gasteiger partial charge on any atom is 0.293 e. The maximum atomic E-state index is 12.1. The molecule has 0 atom stereocenters. The number of nitrogens with zero attached hydrogens (tertiary/aromatic N) is 1. The summed E-state index contributed by atoms with van der Waals surface area (Å²) in [6, 6.07) is 12.5. The monoisotopic (exact) mass is 393 g/mol. The standard InChI is InChI=1S/C18H13Cl2NO3S/c1-21-17(22)16(25-18(21)23)9-12-8-14(20)5-6-15(12)24-10-11-3-2-4-13(19)7-11/h2-9H,10H2,1H3/b16-9+. The largest absolute Gasteiger partial charge is 0.488 e. The number of likely N-dealkylation sites (N-methyl/N-ethyl adjacent to an activating group) is 1. The summed E-state index contributed by atoms with van der Waals surface area (Å²) >= 11 is 12.9. The van der Waals surface area contributed by atoms with Crippen LogP contribution < -0.4 is 4.74 Å². The second kappa shape index (κ2) is 7.52. The van der Waals surface area contributed by atoms with Crippen LogP contribution in [0.3, 0.4) is 0 Å². The number of hydrogen-bond acceptors (Lipinski definition) is 4. The number of imide groups is 1. The number of halogens is 2. The Labute approximate surface area is 159 Å². The minimum absolute atomic E-state index is 0.306. The van der Waals surface area contributed by atoms with Crippen molar-refractivity contribution < 1.29 is 14.3 Å². The Bertz CT molecular complexity index is 882. The molecule has 0 radical (unpaired) electrons. The van der Waals surface area contributed by atoms with Crippen molar-refractivity contribution in [3.63, 3.8) is 0 Å². The molecule has 0 aromatic heterocycles. The first kappa shape index (κ1) is 17.9. The number of benzene rings is 2. The van der Waals surface area contributed by atoms with Crippen LogP contribution in [-0.2, 0) is 11.4 Å². The Morgan fingerprint density at radius 1 is 1.12 bits per heavy atom. The number of rotatable bonds is 4. The molecule has 0 N–H and O–H groups in total. The topological polar surface area (TPSA) is 46.6 Å². The van der Waals surface area contributed by atoms with Crippen LogP contribution in [0.1, 0.15) is 11.1 Å². The lowest BCUT2D eigenvalue weighted by Gasteiger charge is -2.10. The van der Waals surface area contributed by atoms with Crippen molar-refractivity contribution >= 4 is 52.2 Å². The molecule has 2 amide bonds. The minimum Gasteiger partial charge on any atom is -0.488 e. The van der Waals surface area contributed by atoms with E-state index in [0.29, 0.717) is 32.9 Å². The molecule has 1 heterocycles. The Morgan fingerprint density at radius 3 is 2.56 bits per heavy atom. The molecule has 7 heteroatoms. The lowest BCUT2D eigenvalue weighted by molar-refractivity contribution is -0.121. The van der Waals surface area contributed by atoms with Gasteiger partial charge in [-0.1, -0.05) is 35.3 Å². The van der Waals surface area contributed by atoms with Gasteiger partial charge in [-0.15, -0.1) is 0 Å². The number of amides is 2. The minimum atomic E-state index is -0.337. The van der Waals surface area contributed by atoms with Crippen LogP contribution in [0.25, 0.3) is 6.08 Å². The van der Waals surface area contributed by atoms with Gasteiger partial charge in [0.1, 0.15) is 12.4 Å². The van der Waals surface area contributed by atoms with Crippen molar-refractivity contribution in [3.8, 4) is 5.75 Å². The third kappa shape index (κ3) is 4.18. The summed E-state index contributed by atoms with van der Waals surface area (Å²) in [6.45, 7) is 0.318. The van der Waals surface area contributed by atoms with Gasteiger partial charge >= 0.3 is 0 Å². The number of carbonyl (C=O) groups excluding carboxylic acids is 2. The second-order valence-corrected chi connectivity index (χ2v) is 7.21. The molecule has 1 fully saturated rings. The molecule has 1 saturated heterocycles. The van der Waals surface area contributed by atoms with Gasteiger partial charge in [-0.3, -0.25) is 14.5 Å². The molecule has 4 nitrogen and oxygen atoms in total. The van der Waals surface area contributed by atoms with E-state index in [1.54, 1.807) is 30.3 Å². The number of carbonyl (C=O) groups is 2. The van der Waals surface area contributed by atoms with Gasteiger partial charge in [0.25, 0.3) is 11.1 Å². The van der Waals surface area contributed by atoms with Crippen molar-refractivity contribution in [2.45, 2.75) is 6.61 Å². The molecule has 2 aromatic carbocycles. The fraction of sp³-hybridized carbons (Fsp3) is 0.111. The molecule has 128 valence electrons. The van der Waals surface area contributed by atoms with E-state index >= 15 is 0 Å². The van der Waals surface area contributed by atoms with Crippen LogP contribution in [0, 0.1) is 0 Å². The zero-order valence-corrected chi connectivity index (χ0v) is 15.5. The summed E-state index contributed by atoms with van der Waals surface area (Å²) in [7, 11) is 1.45. The second-order valence-electron chi connectivity index (χ2n) is 5.34. The van der Waals surface area contributed by atoms with Gasteiger partial charge < -0.3 is 4.74 Å². The van der Waals surface area contributed by atoms with Crippen LogP contribution >= 0.6 is 35.0 Å². The molecule has 3 rings (SSSR count). The molecule has 0 aliphatic carbocycles. The lowest BCUT2D eigenvalue weighted by atomic mass is 10.1. The highest BCUT2D eigenvalue weighted by molar-refractivity contribution is 8.18. The number of hydrogen-bond donors (Lipinski definition) is 0. The summed E-state index contributed by atoms with van der Waals surface area (Å²) in [5.74, 6) is 0.225. The fourth-order valence-corrected chi connectivity index (χ4v) is 3.45.